The first-order valence-electron chi connectivity index (χ1n) is 5.39. The summed E-state index contributed by atoms with van der Waals surface area (Å²) in [5, 5.41) is 9.79. The molecule has 0 aliphatic rings. The zero-order valence-electron chi connectivity index (χ0n) is 9.61. The Morgan fingerprint density at radius 1 is 1.39 bits per heavy atom. The van der Waals surface area contributed by atoms with E-state index in [1.54, 1.807) is 6.07 Å². The van der Waals surface area contributed by atoms with Crippen molar-refractivity contribution in [1.29, 1.82) is 0 Å². The highest BCUT2D eigenvalue weighted by Crippen LogP contribution is 2.16. The second-order valence-corrected chi connectivity index (χ2v) is 4.27. The molecule has 92 valence electrons. The zero-order valence-corrected chi connectivity index (χ0v) is 10.4. The minimum atomic E-state index is -0.258. The van der Waals surface area contributed by atoms with Gasteiger partial charge in [-0.15, -0.1) is 0 Å². The average Bonchev–Trinajstić information content (AvgIpc) is 2.86. The van der Waals surface area contributed by atoms with Gasteiger partial charge < -0.3 is 5.32 Å². The van der Waals surface area contributed by atoms with Crippen LogP contribution in [0.5, 0.6) is 0 Å². The second-order valence-electron chi connectivity index (χ2n) is 3.73. The molecule has 1 amide bonds. The van der Waals surface area contributed by atoms with Crippen LogP contribution in [0, 0.1) is 0 Å². The van der Waals surface area contributed by atoms with Gasteiger partial charge in [0, 0.05) is 10.6 Å². The Labute approximate surface area is 110 Å². The van der Waals surface area contributed by atoms with E-state index >= 15 is 0 Å². The lowest BCUT2D eigenvalue weighted by Crippen LogP contribution is -2.24. The standard InChI is InChI=1S/C13H12ClN3O/c1-9(14)8-15-13(18)12-7-11(16-17-12)10-5-3-2-4-6-10/h2-7H,1,8H2,(H,15,18)(H,16,17). The van der Waals surface area contributed by atoms with Crippen molar-refractivity contribution in [3.63, 3.8) is 0 Å². The highest BCUT2D eigenvalue weighted by Gasteiger charge is 2.10. The number of H-pyrrole nitrogens is 1. The molecule has 0 bridgehead atoms. The summed E-state index contributed by atoms with van der Waals surface area (Å²) in [6, 6.07) is 11.3. The second kappa shape index (κ2) is 5.51. The number of nitrogens with one attached hydrogen (secondary N) is 2. The van der Waals surface area contributed by atoms with Gasteiger partial charge in [0.25, 0.3) is 5.91 Å². The Hall–Kier alpha value is -2.07. The number of hydrogen-bond acceptors (Lipinski definition) is 2. The molecule has 0 unspecified atom stereocenters. The number of rotatable bonds is 4. The van der Waals surface area contributed by atoms with Gasteiger partial charge in [-0.2, -0.15) is 5.10 Å². The topological polar surface area (TPSA) is 57.8 Å². The van der Waals surface area contributed by atoms with Crippen LogP contribution in [0.2, 0.25) is 0 Å². The van der Waals surface area contributed by atoms with E-state index in [-0.39, 0.29) is 12.5 Å². The van der Waals surface area contributed by atoms with Crippen LogP contribution >= 0.6 is 11.6 Å². The summed E-state index contributed by atoms with van der Waals surface area (Å²) >= 11 is 5.58. The van der Waals surface area contributed by atoms with E-state index in [1.807, 2.05) is 30.3 Å². The molecule has 0 spiro atoms. The predicted octanol–water partition coefficient (Wildman–Crippen LogP) is 2.56. The molecule has 1 heterocycles. The smallest absolute Gasteiger partial charge is 0.269 e. The van der Waals surface area contributed by atoms with Crippen molar-refractivity contribution < 1.29 is 4.79 Å². The van der Waals surface area contributed by atoms with Gasteiger partial charge >= 0.3 is 0 Å². The van der Waals surface area contributed by atoms with Crippen LogP contribution in [0.4, 0.5) is 0 Å². The molecule has 0 saturated heterocycles. The molecule has 1 aromatic heterocycles. The molecule has 5 heteroatoms. The predicted molar refractivity (Wildman–Crippen MR) is 71.3 cm³/mol. The number of carbonyl (C=O) groups excluding carboxylic acids is 1. The largest absolute Gasteiger partial charge is 0.346 e. The average molecular weight is 262 g/mol. The fourth-order valence-corrected chi connectivity index (χ4v) is 1.53. The maximum atomic E-state index is 11.7. The Kier molecular flexibility index (Phi) is 3.79. The highest BCUT2D eigenvalue weighted by atomic mass is 35.5. The summed E-state index contributed by atoms with van der Waals surface area (Å²) in [6.07, 6.45) is 0. The van der Waals surface area contributed by atoms with Crippen molar-refractivity contribution in [2.75, 3.05) is 6.54 Å². The van der Waals surface area contributed by atoms with Gasteiger partial charge in [0.05, 0.1) is 12.2 Å². The summed E-state index contributed by atoms with van der Waals surface area (Å²) in [6.45, 7) is 3.73. The molecule has 4 nitrogen and oxygen atoms in total. The number of hydrogen-bond donors (Lipinski definition) is 2. The minimum Gasteiger partial charge on any atom is -0.346 e. The number of amides is 1. The minimum absolute atomic E-state index is 0.236. The van der Waals surface area contributed by atoms with Crippen molar-refractivity contribution in [1.82, 2.24) is 15.5 Å². The summed E-state index contributed by atoms with van der Waals surface area (Å²) in [4.78, 5) is 11.7. The van der Waals surface area contributed by atoms with Crippen LogP contribution < -0.4 is 5.32 Å². The molecule has 0 aliphatic carbocycles. The maximum Gasteiger partial charge on any atom is 0.269 e. The van der Waals surface area contributed by atoms with E-state index in [2.05, 4.69) is 22.1 Å². The number of aromatic amines is 1. The normalized spacial score (nSPS) is 10.1. The van der Waals surface area contributed by atoms with E-state index in [1.165, 1.54) is 0 Å². The molecule has 2 aromatic rings. The third-order valence-corrected chi connectivity index (χ3v) is 2.47. The van der Waals surface area contributed by atoms with Gasteiger partial charge in [0.15, 0.2) is 0 Å². The third kappa shape index (κ3) is 2.99. The summed E-state index contributed by atoms with van der Waals surface area (Å²) < 4.78 is 0. The number of carbonyl (C=O) groups is 1. The molecule has 0 aliphatic heterocycles. The van der Waals surface area contributed by atoms with Crippen LogP contribution in [-0.4, -0.2) is 22.6 Å². The summed E-state index contributed by atoms with van der Waals surface area (Å²) in [5.41, 5.74) is 2.08. The van der Waals surface area contributed by atoms with Gasteiger partial charge in [-0.3, -0.25) is 9.89 Å². The van der Waals surface area contributed by atoms with Crippen LogP contribution in [0.15, 0.2) is 48.0 Å². The van der Waals surface area contributed by atoms with Crippen molar-refractivity contribution in [2.24, 2.45) is 0 Å². The monoisotopic (exact) mass is 261 g/mol. The lowest BCUT2D eigenvalue weighted by atomic mass is 10.1. The first-order chi connectivity index (χ1) is 8.66. The first kappa shape index (κ1) is 12.4. The van der Waals surface area contributed by atoms with Gasteiger partial charge in [0.1, 0.15) is 5.69 Å². The van der Waals surface area contributed by atoms with E-state index in [9.17, 15) is 4.79 Å². The van der Waals surface area contributed by atoms with E-state index in [0.29, 0.717) is 10.7 Å². The SMILES string of the molecule is C=C(Cl)CNC(=O)c1cc(-c2ccccc2)n[nH]1. The van der Waals surface area contributed by atoms with Crippen LogP contribution in [0.25, 0.3) is 11.3 Å². The van der Waals surface area contributed by atoms with Crippen LogP contribution in [0.3, 0.4) is 0 Å². The van der Waals surface area contributed by atoms with E-state index in [4.69, 9.17) is 11.6 Å². The number of halogens is 1. The lowest BCUT2D eigenvalue weighted by molar-refractivity contribution is 0.0952. The third-order valence-electron chi connectivity index (χ3n) is 2.33. The molecule has 0 fully saturated rings. The van der Waals surface area contributed by atoms with Crippen molar-refractivity contribution in [2.45, 2.75) is 0 Å². The van der Waals surface area contributed by atoms with E-state index < -0.39 is 0 Å². The van der Waals surface area contributed by atoms with Gasteiger partial charge in [-0.25, -0.2) is 0 Å². The zero-order chi connectivity index (χ0) is 13.0. The Morgan fingerprint density at radius 2 is 2.11 bits per heavy atom. The van der Waals surface area contributed by atoms with Gasteiger partial charge in [0.2, 0.25) is 0 Å². The van der Waals surface area contributed by atoms with Crippen molar-refractivity contribution in [3.8, 4) is 11.3 Å². The fraction of sp³-hybridized carbons (Fsp3) is 0.0769. The molecule has 0 radical (unpaired) electrons. The molecule has 2 rings (SSSR count). The first-order valence-corrected chi connectivity index (χ1v) is 5.77. The maximum absolute atomic E-state index is 11.7. The Morgan fingerprint density at radius 3 is 2.78 bits per heavy atom. The molecule has 0 atom stereocenters. The quantitative estimate of drug-likeness (QED) is 0.889. The Bertz CT molecular complexity index is 563. The Balaban J connectivity index is 2.11. The number of benzene rings is 1. The number of aromatic nitrogens is 2. The fourth-order valence-electron chi connectivity index (χ4n) is 1.47. The number of nitrogens with zero attached hydrogens (tertiary/aromatic N) is 1. The van der Waals surface area contributed by atoms with Crippen molar-refractivity contribution >= 4 is 17.5 Å². The van der Waals surface area contributed by atoms with Crippen molar-refractivity contribution in [3.05, 3.63) is 53.7 Å². The van der Waals surface area contributed by atoms with E-state index in [0.717, 1.165) is 11.3 Å². The van der Waals surface area contributed by atoms with Gasteiger partial charge in [-0.1, -0.05) is 48.5 Å². The summed E-state index contributed by atoms with van der Waals surface area (Å²) in [7, 11) is 0. The molecule has 18 heavy (non-hydrogen) atoms. The highest BCUT2D eigenvalue weighted by molar-refractivity contribution is 6.29. The molecule has 2 N–H and O–H groups in total. The van der Waals surface area contributed by atoms with Crippen LogP contribution in [-0.2, 0) is 0 Å². The van der Waals surface area contributed by atoms with Crippen LogP contribution in [0.1, 0.15) is 10.5 Å². The summed E-state index contributed by atoms with van der Waals surface area (Å²) in [5.74, 6) is -0.258. The molecule has 0 saturated carbocycles. The molecule has 1 aromatic carbocycles. The van der Waals surface area contributed by atoms with Gasteiger partial charge in [-0.05, 0) is 6.07 Å². The molecular weight excluding hydrogens is 250 g/mol. The molecular formula is C13H12ClN3O. The lowest BCUT2D eigenvalue weighted by Gasteiger charge is -2.00.